The summed E-state index contributed by atoms with van der Waals surface area (Å²) in [6.07, 6.45) is -3.34. The quantitative estimate of drug-likeness (QED) is 0.895. The van der Waals surface area contributed by atoms with Crippen LogP contribution in [0.25, 0.3) is 0 Å². The van der Waals surface area contributed by atoms with Crippen LogP contribution in [-0.2, 0) is 12.7 Å². The molecule has 1 aromatic rings. The Kier molecular flexibility index (Phi) is 6.57. The van der Waals surface area contributed by atoms with E-state index in [0.717, 1.165) is 12.3 Å². The number of ether oxygens (including phenoxy) is 1. The van der Waals surface area contributed by atoms with E-state index in [4.69, 9.17) is 4.74 Å². The molecule has 1 rings (SSSR count). The average Bonchev–Trinajstić information content (AvgIpc) is 2.31. The molecule has 0 aliphatic heterocycles. The van der Waals surface area contributed by atoms with Crippen molar-refractivity contribution >= 4 is 0 Å². The highest BCUT2D eigenvalue weighted by molar-refractivity contribution is 5.33. The lowest BCUT2D eigenvalue weighted by Crippen LogP contribution is -2.12. The van der Waals surface area contributed by atoms with Crippen molar-refractivity contribution in [2.45, 2.75) is 26.6 Å². The van der Waals surface area contributed by atoms with Crippen molar-refractivity contribution < 1.29 is 17.9 Å². The van der Waals surface area contributed by atoms with Gasteiger partial charge in [0.1, 0.15) is 11.4 Å². The van der Waals surface area contributed by atoms with Gasteiger partial charge in [-0.3, -0.25) is 0 Å². The second-order valence-electron chi connectivity index (χ2n) is 2.91. The van der Waals surface area contributed by atoms with Crippen molar-refractivity contribution in [1.82, 2.24) is 10.3 Å². The van der Waals surface area contributed by atoms with E-state index in [0.29, 0.717) is 17.9 Å². The fourth-order valence-electron chi connectivity index (χ4n) is 1.15. The van der Waals surface area contributed by atoms with Gasteiger partial charge in [-0.1, -0.05) is 13.8 Å². The molecular weight excluding hydrogens is 233 g/mol. The molecule has 0 fully saturated rings. The second-order valence-corrected chi connectivity index (χ2v) is 2.91. The first-order chi connectivity index (χ1) is 7.99. The Morgan fingerprint density at radius 1 is 1.35 bits per heavy atom. The molecule has 0 saturated carbocycles. The molecule has 0 atom stereocenters. The van der Waals surface area contributed by atoms with E-state index in [-0.39, 0.29) is 0 Å². The third-order valence-corrected chi connectivity index (χ3v) is 1.83. The Bertz CT molecular complexity index is 340. The molecule has 0 spiro atoms. The lowest BCUT2D eigenvalue weighted by atomic mass is 10.2. The number of nitrogens with one attached hydrogen (secondary N) is 1. The summed E-state index contributed by atoms with van der Waals surface area (Å²) in [4.78, 5) is 3.29. The van der Waals surface area contributed by atoms with E-state index in [1.807, 2.05) is 13.8 Å². The number of nitrogens with zero attached hydrogens (tertiary/aromatic N) is 1. The van der Waals surface area contributed by atoms with Crippen LogP contribution >= 0.6 is 0 Å². The van der Waals surface area contributed by atoms with Gasteiger partial charge < -0.3 is 10.1 Å². The molecule has 17 heavy (non-hydrogen) atoms. The minimum atomic E-state index is -4.42. The maximum Gasteiger partial charge on any atom is 0.433 e. The number of aromatic nitrogens is 1. The van der Waals surface area contributed by atoms with Gasteiger partial charge in [0.2, 0.25) is 0 Å². The summed E-state index contributed by atoms with van der Waals surface area (Å²) in [6, 6.07) is 0.981. The summed E-state index contributed by atoms with van der Waals surface area (Å²) >= 11 is 0. The molecular formula is C11H17F3N2O. The SMILES string of the molecule is CC.CNCc1cc(C(F)(F)F)ncc1OC. The molecule has 0 saturated heterocycles. The van der Waals surface area contributed by atoms with Crippen LogP contribution in [0.3, 0.4) is 0 Å². The lowest BCUT2D eigenvalue weighted by Gasteiger charge is -2.11. The van der Waals surface area contributed by atoms with Gasteiger partial charge in [0.15, 0.2) is 0 Å². The van der Waals surface area contributed by atoms with Crippen molar-refractivity contribution in [3.8, 4) is 5.75 Å². The first-order valence-electron chi connectivity index (χ1n) is 5.23. The Balaban J connectivity index is 0.00000121. The van der Waals surface area contributed by atoms with E-state index in [1.165, 1.54) is 7.11 Å². The molecule has 0 radical (unpaired) electrons. The lowest BCUT2D eigenvalue weighted by molar-refractivity contribution is -0.141. The zero-order valence-electron chi connectivity index (χ0n) is 10.4. The van der Waals surface area contributed by atoms with Crippen LogP contribution in [0.15, 0.2) is 12.3 Å². The number of alkyl halides is 3. The van der Waals surface area contributed by atoms with Gasteiger partial charge in [-0.15, -0.1) is 0 Å². The predicted molar refractivity (Wildman–Crippen MR) is 59.9 cm³/mol. The molecule has 0 amide bonds. The summed E-state index contributed by atoms with van der Waals surface area (Å²) in [5, 5.41) is 2.76. The van der Waals surface area contributed by atoms with Crippen LogP contribution in [0.1, 0.15) is 25.1 Å². The van der Waals surface area contributed by atoms with Crippen LogP contribution in [0, 0.1) is 0 Å². The first kappa shape index (κ1) is 15.7. The number of pyridine rings is 1. The summed E-state index contributed by atoms with van der Waals surface area (Å²) in [5.41, 5.74) is -0.476. The van der Waals surface area contributed by atoms with Crippen molar-refractivity contribution in [3.63, 3.8) is 0 Å². The van der Waals surface area contributed by atoms with E-state index in [2.05, 4.69) is 10.3 Å². The van der Waals surface area contributed by atoms with E-state index < -0.39 is 11.9 Å². The average molecular weight is 250 g/mol. The zero-order chi connectivity index (χ0) is 13.5. The second kappa shape index (κ2) is 7.11. The smallest absolute Gasteiger partial charge is 0.433 e. The van der Waals surface area contributed by atoms with Gasteiger partial charge in [0, 0.05) is 12.1 Å². The molecule has 0 aliphatic rings. The molecule has 0 unspecified atom stereocenters. The summed E-state index contributed by atoms with van der Waals surface area (Å²) in [5.74, 6) is 0.345. The minimum absolute atomic E-state index is 0.300. The standard InChI is InChI=1S/C9H11F3N2O.C2H6/c1-13-4-6-3-8(9(10,11)12)14-5-7(6)15-2;1-2/h3,5,13H,4H2,1-2H3;1-2H3. The number of hydrogen-bond donors (Lipinski definition) is 1. The molecule has 1 N–H and O–H groups in total. The first-order valence-corrected chi connectivity index (χ1v) is 5.23. The van der Waals surface area contributed by atoms with Crippen LogP contribution < -0.4 is 10.1 Å². The molecule has 0 bridgehead atoms. The van der Waals surface area contributed by atoms with Gasteiger partial charge in [0.05, 0.1) is 13.3 Å². The van der Waals surface area contributed by atoms with Gasteiger partial charge >= 0.3 is 6.18 Å². The topological polar surface area (TPSA) is 34.2 Å². The van der Waals surface area contributed by atoms with Gasteiger partial charge in [-0.25, -0.2) is 4.98 Å². The third-order valence-electron chi connectivity index (χ3n) is 1.83. The van der Waals surface area contributed by atoms with Crippen molar-refractivity contribution in [2.75, 3.05) is 14.2 Å². The Hall–Kier alpha value is -1.30. The zero-order valence-corrected chi connectivity index (χ0v) is 10.4. The third kappa shape index (κ3) is 4.60. The highest BCUT2D eigenvalue weighted by atomic mass is 19.4. The van der Waals surface area contributed by atoms with E-state index in [1.54, 1.807) is 7.05 Å². The predicted octanol–water partition coefficient (Wildman–Crippen LogP) is 2.85. The van der Waals surface area contributed by atoms with Crippen molar-refractivity contribution in [2.24, 2.45) is 0 Å². The molecule has 3 nitrogen and oxygen atoms in total. The summed E-state index contributed by atoms with van der Waals surface area (Å²) in [6.45, 7) is 4.30. The molecule has 0 aromatic carbocycles. The summed E-state index contributed by atoms with van der Waals surface area (Å²) in [7, 11) is 3.04. The van der Waals surface area contributed by atoms with Crippen molar-refractivity contribution in [1.29, 1.82) is 0 Å². The van der Waals surface area contributed by atoms with Crippen molar-refractivity contribution in [3.05, 3.63) is 23.5 Å². The van der Waals surface area contributed by atoms with Crippen LogP contribution in [0.2, 0.25) is 0 Å². The van der Waals surface area contributed by atoms with E-state index >= 15 is 0 Å². The highest BCUT2D eigenvalue weighted by Crippen LogP contribution is 2.30. The fourth-order valence-corrected chi connectivity index (χ4v) is 1.15. The molecule has 6 heteroatoms. The highest BCUT2D eigenvalue weighted by Gasteiger charge is 2.33. The van der Waals surface area contributed by atoms with E-state index in [9.17, 15) is 13.2 Å². The Morgan fingerprint density at radius 2 is 1.94 bits per heavy atom. The molecule has 98 valence electrons. The number of hydrogen-bond acceptors (Lipinski definition) is 3. The van der Waals surface area contributed by atoms with Gasteiger partial charge in [-0.05, 0) is 13.1 Å². The maximum atomic E-state index is 12.3. The summed E-state index contributed by atoms with van der Waals surface area (Å²) < 4.78 is 41.9. The maximum absolute atomic E-state index is 12.3. The van der Waals surface area contributed by atoms with Crippen LogP contribution in [-0.4, -0.2) is 19.1 Å². The number of halogens is 3. The molecule has 1 aromatic heterocycles. The number of rotatable bonds is 3. The Labute approximate surface area is 99.0 Å². The van der Waals surface area contributed by atoms with Gasteiger partial charge in [-0.2, -0.15) is 13.2 Å². The normalized spacial score (nSPS) is 10.5. The minimum Gasteiger partial charge on any atom is -0.495 e. The largest absolute Gasteiger partial charge is 0.495 e. The fraction of sp³-hybridized carbons (Fsp3) is 0.545. The number of methoxy groups -OCH3 is 1. The Morgan fingerprint density at radius 3 is 2.35 bits per heavy atom. The molecule has 1 heterocycles. The molecule has 0 aliphatic carbocycles. The van der Waals surface area contributed by atoms with Gasteiger partial charge in [0.25, 0.3) is 0 Å². The monoisotopic (exact) mass is 250 g/mol. The van der Waals surface area contributed by atoms with Crippen LogP contribution in [0.5, 0.6) is 5.75 Å². The van der Waals surface area contributed by atoms with Crippen LogP contribution in [0.4, 0.5) is 13.2 Å².